The van der Waals surface area contributed by atoms with E-state index < -0.39 is 0 Å². The van der Waals surface area contributed by atoms with Gasteiger partial charge in [0.1, 0.15) is 0 Å². The number of aryl methyl sites for hydroxylation is 2. The lowest BCUT2D eigenvalue weighted by Crippen LogP contribution is -1.83. The molecule has 0 saturated carbocycles. The van der Waals surface area contributed by atoms with E-state index >= 15 is 0 Å². The molecule has 0 aliphatic rings. The molecule has 0 bridgehead atoms. The third kappa shape index (κ3) is 4.48. The number of hydrogen-bond acceptors (Lipinski definition) is 0. The molecule has 0 heterocycles. The fourth-order valence-corrected chi connectivity index (χ4v) is 1.76. The predicted molar refractivity (Wildman–Crippen MR) is 85.0 cm³/mol. The lowest BCUT2D eigenvalue weighted by Gasteiger charge is -2.04. The molecule has 0 amide bonds. The van der Waals surface area contributed by atoms with Gasteiger partial charge in [-0.3, -0.25) is 0 Å². The van der Waals surface area contributed by atoms with Crippen LogP contribution in [0.5, 0.6) is 0 Å². The minimum absolute atomic E-state index is 1.11. The Bertz CT molecular complexity index is 432. The second kappa shape index (κ2) is 9.19. The van der Waals surface area contributed by atoms with Crippen LogP contribution in [0.3, 0.4) is 0 Å². The summed E-state index contributed by atoms with van der Waals surface area (Å²) in [5, 5.41) is 2.76. The van der Waals surface area contributed by atoms with Gasteiger partial charge in [0, 0.05) is 0 Å². The van der Waals surface area contributed by atoms with Gasteiger partial charge in [-0.1, -0.05) is 69.4 Å². The summed E-state index contributed by atoms with van der Waals surface area (Å²) in [4.78, 5) is 0. The molecule has 2 aromatic rings. The molecule has 2 rings (SSSR count). The number of hydrogen-bond donors (Lipinski definition) is 0. The Morgan fingerprint density at radius 2 is 1.65 bits per heavy atom. The summed E-state index contributed by atoms with van der Waals surface area (Å²) in [5.41, 5.74) is 2.79. The van der Waals surface area contributed by atoms with Gasteiger partial charge in [-0.15, -0.1) is 9.24 Å². The van der Waals surface area contributed by atoms with Crippen LogP contribution in [-0.2, 0) is 6.42 Å². The van der Waals surface area contributed by atoms with Crippen LogP contribution < -0.4 is 0 Å². The first-order valence-electron chi connectivity index (χ1n) is 6.37. The first-order chi connectivity index (χ1) is 8.31. The fourth-order valence-electron chi connectivity index (χ4n) is 1.76. The number of fused-ring (bicyclic) bond motifs is 1. The molecule has 0 aliphatic carbocycles. The Balaban J connectivity index is 0.000000581. The third-order valence-corrected chi connectivity index (χ3v) is 2.51. The highest BCUT2D eigenvalue weighted by molar-refractivity contribution is 7.15. The first kappa shape index (κ1) is 16.1. The van der Waals surface area contributed by atoms with Gasteiger partial charge in [0.15, 0.2) is 0 Å². The van der Waals surface area contributed by atoms with Crippen LogP contribution in [0.15, 0.2) is 36.4 Å². The van der Waals surface area contributed by atoms with E-state index in [-0.39, 0.29) is 0 Å². The molecule has 1 atom stereocenters. The van der Waals surface area contributed by atoms with Crippen molar-refractivity contribution in [3.8, 4) is 0 Å². The van der Waals surface area contributed by atoms with E-state index in [1.165, 1.54) is 21.9 Å². The highest BCUT2D eigenvalue weighted by Crippen LogP contribution is 2.20. The lowest BCUT2D eigenvalue weighted by molar-refractivity contribution is 1.16. The van der Waals surface area contributed by atoms with E-state index in [0.29, 0.717) is 0 Å². The first-order valence-corrected chi connectivity index (χ1v) is 7.52. The molecule has 1 heteroatoms. The smallest absolute Gasteiger partial charge is 0.0149 e. The van der Waals surface area contributed by atoms with Crippen LogP contribution in [0.25, 0.3) is 10.8 Å². The van der Waals surface area contributed by atoms with Gasteiger partial charge in [-0.25, -0.2) is 0 Å². The van der Waals surface area contributed by atoms with E-state index in [2.05, 4.69) is 59.5 Å². The second-order valence-electron chi connectivity index (χ2n) is 3.50. The molecule has 2 aromatic carbocycles. The fraction of sp³-hybridized carbons (Fsp3) is 0.375. The highest BCUT2D eigenvalue weighted by Gasteiger charge is 1.97. The second-order valence-corrected chi connectivity index (χ2v) is 3.50. The van der Waals surface area contributed by atoms with E-state index in [4.69, 9.17) is 0 Å². The minimum atomic E-state index is 1.11. The zero-order chi connectivity index (χ0) is 13.3. The molecule has 0 radical (unpaired) electrons. The molecule has 17 heavy (non-hydrogen) atoms. The van der Waals surface area contributed by atoms with Gasteiger partial charge in [0.05, 0.1) is 0 Å². The highest BCUT2D eigenvalue weighted by atomic mass is 31.0. The van der Waals surface area contributed by atoms with Crippen LogP contribution in [0.1, 0.15) is 31.9 Å². The molecule has 0 aromatic heterocycles. The Kier molecular flexibility index (Phi) is 8.72. The summed E-state index contributed by atoms with van der Waals surface area (Å²) < 4.78 is 0. The van der Waals surface area contributed by atoms with Crippen molar-refractivity contribution in [3.63, 3.8) is 0 Å². The quantitative estimate of drug-likeness (QED) is 0.606. The SMILES string of the molecule is CC.CCc1cccc2ccc(C)cc12.CP. The van der Waals surface area contributed by atoms with Crippen LogP contribution in [0.2, 0.25) is 0 Å². The normalized spacial score (nSPS) is 8.82. The van der Waals surface area contributed by atoms with Crippen molar-refractivity contribution in [2.75, 3.05) is 6.66 Å². The summed E-state index contributed by atoms with van der Waals surface area (Å²) in [5.74, 6) is 0. The van der Waals surface area contributed by atoms with Crippen LogP contribution in [-0.4, -0.2) is 6.66 Å². The van der Waals surface area contributed by atoms with E-state index in [9.17, 15) is 0 Å². The Hall–Kier alpha value is -0.870. The molecule has 0 aliphatic heterocycles. The van der Waals surface area contributed by atoms with E-state index in [1.807, 2.05) is 20.5 Å². The summed E-state index contributed by atoms with van der Waals surface area (Å²) in [6.45, 7) is 10.3. The number of benzene rings is 2. The van der Waals surface area contributed by atoms with Crippen molar-refractivity contribution in [1.29, 1.82) is 0 Å². The van der Waals surface area contributed by atoms with Crippen molar-refractivity contribution in [3.05, 3.63) is 47.5 Å². The summed E-state index contributed by atoms with van der Waals surface area (Å²) in [7, 11) is 2.42. The molecular weight excluding hydrogens is 223 g/mol. The molecule has 94 valence electrons. The molecule has 0 spiro atoms. The number of rotatable bonds is 1. The van der Waals surface area contributed by atoms with Crippen LogP contribution >= 0.6 is 9.24 Å². The zero-order valence-corrected chi connectivity index (χ0v) is 12.9. The van der Waals surface area contributed by atoms with Gasteiger partial charge >= 0.3 is 0 Å². The van der Waals surface area contributed by atoms with Gasteiger partial charge in [0.2, 0.25) is 0 Å². The molecule has 0 saturated heterocycles. The Morgan fingerprint density at radius 1 is 1.00 bits per heavy atom. The van der Waals surface area contributed by atoms with E-state index in [1.54, 1.807) is 0 Å². The van der Waals surface area contributed by atoms with Gasteiger partial charge in [0.25, 0.3) is 0 Å². The Morgan fingerprint density at radius 3 is 2.24 bits per heavy atom. The summed E-state index contributed by atoms with van der Waals surface area (Å²) >= 11 is 0. The zero-order valence-electron chi connectivity index (χ0n) is 11.7. The van der Waals surface area contributed by atoms with Gasteiger partial charge < -0.3 is 0 Å². The van der Waals surface area contributed by atoms with Crippen molar-refractivity contribution in [2.24, 2.45) is 0 Å². The van der Waals surface area contributed by atoms with Crippen molar-refractivity contribution in [1.82, 2.24) is 0 Å². The van der Waals surface area contributed by atoms with Crippen LogP contribution in [0, 0.1) is 6.92 Å². The maximum absolute atomic E-state index is 2.42. The largest absolute Gasteiger partial charge is 0.141 e. The lowest BCUT2D eigenvalue weighted by atomic mass is 10.0. The predicted octanol–water partition coefficient (Wildman–Crippen LogP) is 5.23. The van der Waals surface area contributed by atoms with Crippen molar-refractivity contribution < 1.29 is 0 Å². The molecular formula is C16H25P. The topological polar surface area (TPSA) is 0 Å². The standard InChI is InChI=1S/C13H14.C2H6.CH5P/c1-3-11-5-4-6-12-8-7-10(2)9-13(11)12;2*1-2/h4-9H,3H2,1-2H3;1-2H3;2H2,1H3. The van der Waals surface area contributed by atoms with Gasteiger partial charge in [-0.2, -0.15) is 0 Å². The average molecular weight is 248 g/mol. The van der Waals surface area contributed by atoms with Crippen LogP contribution in [0.4, 0.5) is 0 Å². The third-order valence-electron chi connectivity index (χ3n) is 2.51. The summed E-state index contributed by atoms with van der Waals surface area (Å²) in [6.07, 6.45) is 1.11. The van der Waals surface area contributed by atoms with Gasteiger partial charge in [-0.05, 0) is 29.7 Å². The summed E-state index contributed by atoms with van der Waals surface area (Å²) in [6, 6.07) is 13.2. The molecule has 0 N–H and O–H groups in total. The minimum Gasteiger partial charge on any atom is -0.141 e. The van der Waals surface area contributed by atoms with Crippen molar-refractivity contribution >= 4 is 20.0 Å². The maximum atomic E-state index is 2.42. The average Bonchev–Trinajstić information content (AvgIpc) is 2.42. The Labute approximate surface area is 109 Å². The monoisotopic (exact) mass is 248 g/mol. The van der Waals surface area contributed by atoms with E-state index in [0.717, 1.165) is 6.42 Å². The molecule has 1 unspecified atom stereocenters. The maximum Gasteiger partial charge on any atom is -0.0149 e. The molecule has 0 fully saturated rings. The molecule has 0 nitrogen and oxygen atoms in total. The van der Waals surface area contributed by atoms with Crippen molar-refractivity contribution in [2.45, 2.75) is 34.1 Å².